The van der Waals surface area contributed by atoms with E-state index in [0.717, 1.165) is 25.7 Å². The first-order valence-corrected chi connectivity index (χ1v) is 6.20. The van der Waals surface area contributed by atoms with Gasteiger partial charge in [0.25, 0.3) is 0 Å². The van der Waals surface area contributed by atoms with Crippen molar-refractivity contribution in [1.82, 2.24) is 0 Å². The number of rotatable bonds is 4. The van der Waals surface area contributed by atoms with Gasteiger partial charge in [-0.2, -0.15) is 0 Å². The van der Waals surface area contributed by atoms with Gasteiger partial charge in [-0.1, -0.05) is 43.2 Å². The second kappa shape index (κ2) is 6.02. The fourth-order valence-electron chi connectivity index (χ4n) is 2.24. The summed E-state index contributed by atoms with van der Waals surface area (Å²) in [7, 11) is 0. The van der Waals surface area contributed by atoms with E-state index in [1.807, 2.05) is 18.2 Å². The fraction of sp³-hybridized carbons (Fsp3) is 0.571. The molecule has 2 rings (SSSR count). The molecule has 2 heteroatoms. The Morgan fingerprint density at radius 2 is 1.88 bits per heavy atom. The number of aliphatic hydroxyl groups excluding tert-OH is 1. The summed E-state index contributed by atoms with van der Waals surface area (Å²) < 4.78 is 5.75. The number of hydrogen-bond donors (Lipinski definition) is 1. The van der Waals surface area contributed by atoms with E-state index in [4.69, 9.17) is 4.74 Å². The SMILES string of the molecule is O[C@@H]1CCCC[C@H]1OCCc1ccccc1. The number of aliphatic hydroxyl groups is 1. The van der Waals surface area contributed by atoms with Gasteiger partial charge in [0.1, 0.15) is 0 Å². The van der Waals surface area contributed by atoms with Gasteiger partial charge in [0.15, 0.2) is 0 Å². The zero-order valence-corrected chi connectivity index (χ0v) is 9.64. The van der Waals surface area contributed by atoms with E-state index in [-0.39, 0.29) is 12.2 Å². The summed E-state index contributed by atoms with van der Waals surface area (Å²) in [5.41, 5.74) is 1.30. The van der Waals surface area contributed by atoms with E-state index in [2.05, 4.69) is 12.1 Å². The van der Waals surface area contributed by atoms with Crippen LogP contribution in [0.25, 0.3) is 0 Å². The summed E-state index contributed by atoms with van der Waals surface area (Å²) in [6, 6.07) is 10.3. The van der Waals surface area contributed by atoms with E-state index >= 15 is 0 Å². The van der Waals surface area contributed by atoms with Gasteiger partial charge in [0.2, 0.25) is 0 Å². The molecule has 0 radical (unpaired) electrons. The molecule has 2 atom stereocenters. The van der Waals surface area contributed by atoms with Gasteiger partial charge in [0, 0.05) is 0 Å². The van der Waals surface area contributed by atoms with Crippen molar-refractivity contribution < 1.29 is 9.84 Å². The summed E-state index contributed by atoms with van der Waals surface area (Å²) in [5.74, 6) is 0. The first-order chi connectivity index (χ1) is 7.86. The highest BCUT2D eigenvalue weighted by atomic mass is 16.5. The lowest BCUT2D eigenvalue weighted by atomic mass is 9.95. The molecule has 1 saturated carbocycles. The molecule has 16 heavy (non-hydrogen) atoms. The Labute approximate surface area is 97.3 Å². The Morgan fingerprint density at radius 1 is 1.12 bits per heavy atom. The highest BCUT2D eigenvalue weighted by Gasteiger charge is 2.23. The van der Waals surface area contributed by atoms with Gasteiger partial charge >= 0.3 is 0 Å². The van der Waals surface area contributed by atoms with Crippen LogP contribution in [0.2, 0.25) is 0 Å². The predicted octanol–water partition coefficient (Wildman–Crippen LogP) is 2.55. The maximum Gasteiger partial charge on any atom is 0.0834 e. The molecule has 1 N–H and O–H groups in total. The lowest BCUT2D eigenvalue weighted by Gasteiger charge is -2.27. The molecule has 0 aromatic heterocycles. The standard InChI is InChI=1S/C14H20O2/c15-13-8-4-5-9-14(13)16-11-10-12-6-2-1-3-7-12/h1-3,6-7,13-15H,4-5,8-11H2/t13-,14-/m1/s1. The maximum absolute atomic E-state index is 9.74. The van der Waals surface area contributed by atoms with Gasteiger partial charge in [-0.05, 0) is 24.8 Å². The monoisotopic (exact) mass is 220 g/mol. The second-order valence-corrected chi connectivity index (χ2v) is 4.50. The fourth-order valence-corrected chi connectivity index (χ4v) is 2.24. The molecule has 0 saturated heterocycles. The zero-order valence-electron chi connectivity index (χ0n) is 9.64. The normalized spacial score (nSPS) is 25.6. The molecule has 2 nitrogen and oxygen atoms in total. The second-order valence-electron chi connectivity index (χ2n) is 4.50. The maximum atomic E-state index is 9.74. The van der Waals surface area contributed by atoms with Crippen molar-refractivity contribution in [2.75, 3.05) is 6.61 Å². The van der Waals surface area contributed by atoms with Crippen molar-refractivity contribution >= 4 is 0 Å². The Kier molecular flexibility index (Phi) is 4.37. The summed E-state index contributed by atoms with van der Waals surface area (Å²) >= 11 is 0. The Balaban J connectivity index is 1.71. The van der Waals surface area contributed by atoms with E-state index < -0.39 is 0 Å². The smallest absolute Gasteiger partial charge is 0.0834 e. The van der Waals surface area contributed by atoms with Crippen LogP contribution >= 0.6 is 0 Å². The van der Waals surface area contributed by atoms with Crippen LogP contribution in [0.15, 0.2) is 30.3 Å². The molecule has 1 fully saturated rings. The lowest BCUT2D eigenvalue weighted by molar-refractivity contribution is -0.0575. The Hall–Kier alpha value is -0.860. The van der Waals surface area contributed by atoms with Gasteiger partial charge in [0.05, 0.1) is 18.8 Å². The molecule has 88 valence electrons. The summed E-state index contributed by atoms with van der Waals surface area (Å²) in [6.45, 7) is 0.714. The van der Waals surface area contributed by atoms with Crippen LogP contribution < -0.4 is 0 Å². The lowest BCUT2D eigenvalue weighted by Crippen LogP contribution is -2.32. The Bertz CT molecular complexity index is 297. The van der Waals surface area contributed by atoms with Gasteiger partial charge in [-0.3, -0.25) is 0 Å². The minimum Gasteiger partial charge on any atom is -0.390 e. The van der Waals surface area contributed by atoms with Crippen molar-refractivity contribution in [3.05, 3.63) is 35.9 Å². The van der Waals surface area contributed by atoms with Crippen LogP contribution in [0.3, 0.4) is 0 Å². The van der Waals surface area contributed by atoms with E-state index in [9.17, 15) is 5.11 Å². The van der Waals surface area contributed by atoms with Crippen LogP contribution in [-0.4, -0.2) is 23.9 Å². The quantitative estimate of drug-likeness (QED) is 0.845. The molecule has 1 aliphatic carbocycles. The molecule has 0 amide bonds. The predicted molar refractivity (Wildman–Crippen MR) is 64.4 cm³/mol. The largest absolute Gasteiger partial charge is 0.390 e. The molecule has 0 bridgehead atoms. The molecule has 1 aliphatic rings. The van der Waals surface area contributed by atoms with Crippen LogP contribution in [0, 0.1) is 0 Å². The molecule has 0 aliphatic heterocycles. The van der Waals surface area contributed by atoms with E-state index in [1.54, 1.807) is 0 Å². The average molecular weight is 220 g/mol. The zero-order chi connectivity index (χ0) is 11.2. The van der Waals surface area contributed by atoms with Gasteiger partial charge in [-0.25, -0.2) is 0 Å². The van der Waals surface area contributed by atoms with Gasteiger partial charge in [-0.15, -0.1) is 0 Å². The van der Waals surface area contributed by atoms with Crippen molar-refractivity contribution in [2.45, 2.75) is 44.3 Å². The summed E-state index contributed by atoms with van der Waals surface area (Å²) in [4.78, 5) is 0. The minimum absolute atomic E-state index is 0.0671. The van der Waals surface area contributed by atoms with Gasteiger partial charge < -0.3 is 9.84 Å². The third-order valence-electron chi connectivity index (χ3n) is 3.23. The highest BCUT2D eigenvalue weighted by molar-refractivity contribution is 5.14. The number of benzene rings is 1. The van der Waals surface area contributed by atoms with Crippen molar-refractivity contribution in [1.29, 1.82) is 0 Å². The number of hydrogen-bond acceptors (Lipinski definition) is 2. The third kappa shape index (κ3) is 3.32. The average Bonchev–Trinajstić information content (AvgIpc) is 2.33. The molecular weight excluding hydrogens is 200 g/mol. The van der Waals surface area contributed by atoms with E-state index in [0.29, 0.717) is 6.61 Å². The topological polar surface area (TPSA) is 29.5 Å². The molecular formula is C14H20O2. The van der Waals surface area contributed by atoms with E-state index in [1.165, 1.54) is 12.0 Å². The van der Waals surface area contributed by atoms with Crippen molar-refractivity contribution in [3.8, 4) is 0 Å². The minimum atomic E-state index is -0.246. The molecule has 0 unspecified atom stereocenters. The summed E-state index contributed by atoms with van der Waals surface area (Å²) in [6.07, 6.45) is 4.99. The Morgan fingerprint density at radius 3 is 2.62 bits per heavy atom. The van der Waals surface area contributed by atoms with Crippen LogP contribution in [0.5, 0.6) is 0 Å². The molecule has 0 heterocycles. The van der Waals surface area contributed by atoms with Crippen LogP contribution in [0.1, 0.15) is 31.2 Å². The molecule has 1 aromatic rings. The third-order valence-corrected chi connectivity index (χ3v) is 3.23. The first kappa shape index (κ1) is 11.6. The van der Waals surface area contributed by atoms with Crippen LogP contribution in [0.4, 0.5) is 0 Å². The van der Waals surface area contributed by atoms with Crippen molar-refractivity contribution in [2.24, 2.45) is 0 Å². The van der Waals surface area contributed by atoms with Crippen molar-refractivity contribution in [3.63, 3.8) is 0 Å². The molecule has 1 aromatic carbocycles. The number of ether oxygens (including phenoxy) is 1. The summed E-state index contributed by atoms with van der Waals surface area (Å²) in [5, 5.41) is 9.74. The molecule has 0 spiro atoms. The van der Waals surface area contributed by atoms with Crippen LogP contribution in [-0.2, 0) is 11.2 Å². The first-order valence-electron chi connectivity index (χ1n) is 6.20. The highest BCUT2D eigenvalue weighted by Crippen LogP contribution is 2.21.